The molecule has 1 saturated heterocycles. The van der Waals surface area contributed by atoms with E-state index in [1.54, 1.807) is 0 Å². The van der Waals surface area contributed by atoms with E-state index in [-0.39, 0.29) is 23.7 Å². The van der Waals surface area contributed by atoms with Crippen LogP contribution in [-0.4, -0.2) is 17.7 Å². The highest BCUT2D eigenvalue weighted by Crippen LogP contribution is 2.20. The van der Waals surface area contributed by atoms with Crippen LogP contribution in [0.4, 0.5) is 0 Å². The molecular weight excluding hydrogens is 274 g/mol. The molecule has 0 aromatic heterocycles. The minimum atomic E-state index is -0.387. The van der Waals surface area contributed by atoms with Crippen LogP contribution in [0.25, 0.3) is 0 Å². The van der Waals surface area contributed by atoms with Crippen LogP contribution in [0.3, 0.4) is 0 Å². The van der Waals surface area contributed by atoms with Gasteiger partial charge >= 0.3 is 0 Å². The Hall–Kier alpha value is -2.42. The van der Waals surface area contributed by atoms with Gasteiger partial charge in [-0.05, 0) is 24.0 Å². The number of hydrogen-bond acceptors (Lipinski definition) is 2. The van der Waals surface area contributed by atoms with E-state index in [0.29, 0.717) is 19.3 Å². The summed E-state index contributed by atoms with van der Waals surface area (Å²) in [4.78, 5) is 24.6. The highest BCUT2D eigenvalue weighted by molar-refractivity contribution is 5.97. The van der Waals surface area contributed by atoms with Gasteiger partial charge in [-0.25, -0.2) is 0 Å². The van der Waals surface area contributed by atoms with E-state index < -0.39 is 0 Å². The number of hydrogen-bond donors (Lipinski definition) is 1. The van der Waals surface area contributed by atoms with Crippen molar-refractivity contribution in [3.63, 3.8) is 0 Å². The third-order valence-corrected chi connectivity index (χ3v) is 4.13. The third-order valence-electron chi connectivity index (χ3n) is 4.13. The predicted octanol–water partition coefficient (Wildman–Crippen LogP) is 2.55. The zero-order valence-corrected chi connectivity index (χ0v) is 12.4. The van der Waals surface area contributed by atoms with Crippen LogP contribution in [0.1, 0.15) is 17.5 Å². The van der Waals surface area contributed by atoms with Gasteiger partial charge in [-0.1, -0.05) is 60.7 Å². The molecule has 1 aliphatic rings. The number of piperidine rings is 1. The molecule has 3 heteroatoms. The van der Waals surface area contributed by atoms with Crippen molar-refractivity contribution in [3.8, 4) is 0 Å². The van der Waals surface area contributed by atoms with E-state index in [2.05, 4.69) is 5.32 Å². The fourth-order valence-corrected chi connectivity index (χ4v) is 2.93. The zero-order valence-electron chi connectivity index (χ0n) is 12.4. The number of rotatable bonds is 4. The zero-order chi connectivity index (χ0) is 15.4. The Bertz CT molecular complexity index is 592. The topological polar surface area (TPSA) is 46.2 Å². The minimum Gasteiger partial charge on any atom is -0.346 e. The molecule has 1 aliphatic heterocycles. The van der Waals surface area contributed by atoms with Gasteiger partial charge in [0.1, 0.15) is 0 Å². The van der Waals surface area contributed by atoms with Crippen LogP contribution in [0, 0.1) is 5.92 Å². The predicted molar refractivity (Wildman–Crippen MR) is 85.3 cm³/mol. The molecular formula is C19H19NO2. The summed E-state index contributed by atoms with van der Waals surface area (Å²) in [6.45, 7) is 0. The van der Waals surface area contributed by atoms with Crippen LogP contribution >= 0.6 is 0 Å². The Morgan fingerprint density at radius 3 is 1.95 bits per heavy atom. The molecule has 1 fully saturated rings. The van der Waals surface area contributed by atoms with Crippen molar-refractivity contribution >= 4 is 11.7 Å². The van der Waals surface area contributed by atoms with Gasteiger partial charge in [0.15, 0.2) is 5.78 Å². The Labute approximate surface area is 130 Å². The van der Waals surface area contributed by atoms with Crippen molar-refractivity contribution in [3.05, 3.63) is 71.8 Å². The maximum Gasteiger partial charge on any atom is 0.224 e. The summed E-state index contributed by atoms with van der Waals surface area (Å²) >= 11 is 0. The smallest absolute Gasteiger partial charge is 0.224 e. The standard InChI is InChI=1S/C19H19NO2/c21-18-13-16(11-14-7-3-1-4-8-14)19(22)20-17(18)12-15-9-5-2-6-10-15/h1-10,16-17H,11-13H2,(H,20,22). The summed E-state index contributed by atoms with van der Waals surface area (Å²) in [6.07, 6.45) is 1.53. The lowest BCUT2D eigenvalue weighted by molar-refractivity contribution is -0.136. The first-order valence-electron chi connectivity index (χ1n) is 7.63. The van der Waals surface area contributed by atoms with Gasteiger partial charge in [0.2, 0.25) is 5.91 Å². The molecule has 1 amide bonds. The average molecular weight is 293 g/mol. The second-order valence-electron chi connectivity index (χ2n) is 5.81. The summed E-state index contributed by atoms with van der Waals surface area (Å²) in [6, 6.07) is 19.3. The highest BCUT2D eigenvalue weighted by Gasteiger charge is 2.34. The van der Waals surface area contributed by atoms with Crippen LogP contribution in [0.15, 0.2) is 60.7 Å². The Kier molecular flexibility index (Phi) is 4.33. The maximum atomic E-state index is 12.3. The van der Waals surface area contributed by atoms with Crippen molar-refractivity contribution in [1.82, 2.24) is 5.32 Å². The summed E-state index contributed by atoms with van der Waals surface area (Å²) < 4.78 is 0. The first kappa shape index (κ1) is 14.5. The van der Waals surface area contributed by atoms with Crippen LogP contribution in [-0.2, 0) is 22.4 Å². The lowest BCUT2D eigenvalue weighted by Crippen LogP contribution is -2.51. The van der Waals surface area contributed by atoms with Gasteiger partial charge in [0.25, 0.3) is 0 Å². The van der Waals surface area contributed by atoms with Crippen molar-refractivity contribution in [1.29, 1.82) is 0 Å². The molecule has 0 bridgehead atoms. The summed E-state index contributed by atoms with van der Waals surface area (Å²) in [5.74, 6) is -0.129. The molecule has 2 aromatic carbocycles. The lowest BCUT2D eigenvalue weighted by Gasteiger charge is -2.28. The first-order valence-corrected chi connectivity index (χ1v) is 7.63. The second kappa shape index (κ2) is 6.56. The maximum absolute atomic E-state index is 12.3. The molecule has 22 heavy (non-hydrogen) atoms. The van der Waals surface area contributed by atoms with Crippen molar-refractivity contribution < 1.29 is 9.59 Å². The van der Waals surface area contributed by atoms with Gasteiger partial charge in [0, 0.05) is 12.3 Å². The monoisotopic (exact) mass is 293 g/mol. The number of carbonyl (C=O) groups excluding carboxylic acids is 2. The van der Waals surface area contributed by atoms with E-state index in [4.69, 9.17) is 0 Å². The Morgan fingerprint density at radius 2 is 1.36 bits per heavy atom. The van der Waals surface area contributed by atoms with Crippen molar-refractivity contribution in [2.75, 3.05) is 0 Å². The van der Waals surface area contributed by atoms with E-state index in [9.17, 15) is 9.59 Å². The van der Waals surface area contributed by atoms with E-state index in [1.165, 1.54) is 0 Å². The number of ketones is 1. The van der Waals surface area contributed by atoms with Gasteiger partial charge in [-0.3, -0.25) is 9.59 Å². The van der Waals surface area contributed by atoms with Gasteiger partial charge in [0.05, 0.1) is 6.04 Å². The molecule has 0 saturated carbocycles. The fourth-order valence-electron chi connectivity index (χ4n) is 2.93. The fraction of sp³-hybridized carbons (Fsp3) is 0.263. The number of Topliss-reactive ketones (excluding diaryl/α,β-unsaturated/α-hetero) is 1. The molecule has 2 unspecified atom stereocenters. The Balaban J connectivity index is 1.64. The van der Waals surface area contributed by atoms with E-state index >= 15 is 0 Å². The molecule has 0 radical (unpaired) electrons. The Morgan fingerprint density at radius 1 is 0.818 bits per heavy atom. The second-order valence-corrected chi connectivity index (χ2v) is 5.81. The molecule has 2 aromatic rings. The quantitative estimate of drug-likeness (QED) is 0.941. The molecule has 2 atom stereocenters. The minimum absolute atomic E-state index is 0.00983. The summed E-state index contributed by atoms with van der Waals surface area (Å²) in [5.41, 5.74) is 2.17. The van der Waals surface area contributed by atoms with E-state index in [1.807, 2.05) is 60.7 Å². The molecule has 1 N–H and O–H groups in total. The van der Waals surface area contributed by atoms with Crippen molar-refractivity contribution in [2.24, 2.45) is 5.92 Å². The first-order chi connectivity index (χ1) is 10.7. The lowest BCUT2D eigenvalue weighted by atomic mass is 9.86. The molecule has 3 nitrogen and oxygen atoms in total. The van der Waals surface area contributed by atoms with E-state index in [0.717, 1.165) is 11.1 Å². The summed E-state index contributed by atoms with van der Waals surface area (Å²) in [7, 11) is 0. The third kappa shape index (κ3) is 3.42. The van der Waals surface area contributed by atoms with Crippen LogP contribution in [0.2, 0.25) is 0 Å². The number of nitrogens with one attached hydrogen (secondary N) is 1. The molecule has 3 rings (SSSR count). The molecule has 1 heterocycles. The molecule has 0 aliphatic carbocycles. The number of benzene rings is 2. The van der Waals surface area contributed by atoms with Crippen LogP contribution in [0.5, 0.6) is 0 Å². The number of carbonyl (C=O) groups is 2. The summed E-state index contributed by atoms with van der Waals surface area (Å²) in [5, 5.41) is 2.90. The van der Waals surface area contributed by atoms with Crippen LogP contribution < -0.4 is 5.32 Å². The molecule has 112 valence electrons. The van der Waals surface area contributed by atoms with Gasteiger partial charge < -0.3 is 5.32 Å². The van der Waals surface area contributed by atoms with Gasteiger partial charge in [-0.15, -0.1) is 0 Å². The largest absolute Gasteiger partial charge is 0.346 e. The number of amides is 1. The highest BCUT2D eigenvalue weighted by atomic mass is 16.2. The normalized spacial score (nSPS) is 21.5. The van der Waals surface area contributed by atoms with Gasteiger partial charge in [-0.2, -0.15) is 0 Å². The SMILES string of the molecule is O=C1NC(Cc2ccccc2)C(=O)CC1Cc1ccccc1. The average Bonchev–Trinajstić information content (AvgIpc) is 2.54. The molecule has 0 spiro atoms. The van der Waals surface area contributed by atoms with Crippen molar-refractivity contribution in [2.45, 2.75) is 25.3 Å².